The third-order valence-electron chi connectivity index (χ3n) is 2.49. The van der Waals surface area contributed by atoms with Crippen LogP contribution in [-0.2, 0) is 0 Å². The summed E-state index contributed by atoms with van der Waals surface area (Å²) in [5.41, 5.74) is 1.69. The van der Waals surface area contributed by atoms with Gasteiger partial charge in [-0.3, -0.25) is 4.99 Å². The molecular weight excluding hydrogens is 349 g/mol. The van der Waals surface area contributed by atoms with E-state index in [0.29, 0.717) is 5.02 Å². The molecule has 0 amide bonds. The van der Waals surface area contributed by atoms with Gasteiger partial charge in [0.15, 0.2) is 0 Å². The van der Waals surface area contributed by atoms with E-state index in [1.165, 1.54) is 0 Å². The minimum atomic E-state index is 0.284. The SMILES string of the molecule is CCCCN=C(CC)c1cc(Cl)cc(I)c1O. The second-order valence-electron chi connectivity index (χ2n) is 3.82. The van der Waals surface area contributed by atoms with Crippen molar-refractivity contribution in [1.29, 1.82) is 0 Å². The first kappa shape index (κ1) is 14.8. The number of hydrogen-bond donors (Lipinski definition) is 1. The van der Waals surface area contributed by atoms with Gasteiger partial charge < -0.3 is 5.11 Å². The van der Waals surface area contributed by atoms with Crippen LogP contribution in [0.4, 0.5) is 0 Å². The quantitative estimate of drug-likeness (QED) is 0.460. The van der Waals surface area contributed by atoms with Gasteiger partial charge in [0.1, 0.15) is 5.75 Å². The average molecular weight is 366 g/mol. The first-order chi connectivity index (χ1) is 8.10. The number of phenols is 1. The first-order valence-electron chi connectivity index (χ1n) is 5.81. The number of aliphatic imine (C=N–C) groups is 1. The molecular formula is C13H17ClINO. The maximum absolute atomic E-state index is 10.0. The summed E-state index contributed by atoms with van der Waals surface area (Å²) < 4.78 is 0.766. The van der Waals surface area contributed by atoms with Gasteiger partial charge in [-0.15, -0.1) is 0 Å². The van der Waals surface area contributed by atoms with Crippen LogP contribution in [-0.4, -0.2) is 17.4 Å². The van der Waals surface area contributed by atoms with Gasteiger partial charge in [-0.2, -0.15) is 0 Å². The molecule has 2 nitrogen and oxygen atoms in total. The number of aromatic hydroxyl groups is 1. The minimum absolute atomic E-state index is 0.284. The highest BCUT2D eigenvalue weighted by Crippen LogP contribution is 2.29. The van der Waals surface area contributed by atoms with Gasteiger partial charge in [-0.25, -0.2) is 0 Å². The van der Waals surface area contributed by atoms with Crippen molar-refractivity contribution in [2.75, 3.05) is 6.54 Å². The van der Waals surface area contributed by atoms with Gasteiger partial charge >= 0.3 is 0 Å². The number of phenolic OH excluding ortho intramolecular Hbond substituents is 1. The van der Waals surface area contributed by atoms with Crippen LogP contribution in [0.25, 0.3) is 0 Å². The fourth-order valence-corrected chi connectivity index (χ4v) is 2.57. The van der Waals surface area contributed by atoms with E-state index in [4.69, 9.17) is 11.6 Å². The van der Waals surface area contributed by atoms with Crippen LogP contribution in [0.1, 0.15) is 38.7 Å². The molecule has 0 bridgehead atoms. The second kappa shape index (κ2) is 7.21. The molecule has 94 valence electrons. The monoisotopic (exact) mass is 365 g/mol. The average Bonchev–Trinajstić information content (AvgIpc) is 2.30. The van der Waals surface area contributed by atoms with Crippen molar-refractivity contribution in [2.24, 2.45) is 4.99 Å². The summed E-state index contributed by atoms with van der Waals surface area (Å²) in [7, 11) is 0. The summed E-state index contributed by atoms with van der Waals surface area (Å²) in [5, 5.41) is 10.7. The zero-order valence-corrected chi connectivity index (χ0v) is 13.0. The topological polar surface area (TPSA) is 32.6 Å². The van der Waals surface area contributed by atoms with Gasteiger partial charge in [0.25, 0.3) is 0 Å². The first-order valence-corrected chi connectivity index (χ1v) is 7.27. The summed E-state index contributed by atoms with van der Waals surface area (Å²) in [5.74, 6) is 0.284. The zero-order valence-electron chi connectivity index (χ0n) is 10.1. The molecule has 17 heavy (non-hydrogen) atoms. The zero-order chi connectivity index (χ0) is 12.8. The van der Waals surface area contributed by atoms with Crippen LogP contribution >= 0.6 is 34.2 Å². The Morgan fingerprint density at radius 3 is 2.71 bits per heavy atom. The summed E-state index contributed by atoms with van der Waals surface area (Å²) in [6.07, 6.45) is 3.00. The van der Waals surface area contributed by atoms with E-state index in [1.54, 1.807) is 12.1 Å². The van der Waals surface area contributed by atoms with Crippen LogP contribution in [0.15, 0.2) is 17.1 Å². The van der Waals surface area contributed by atoms with E-state index >= 15 is 0 Å². The van der Waals surface area contributed by atoms with Crippen LogP contribution in [0.2, 0.25) is 5.02 Å². The van der Waals surface area contributed by atoms with E-state index in [9.17, 15) is 5.11 Å². The molecule has 1 N–H and O–H groups in total. The molecule has 0 aliphatic rings. The van der Waals surface area contributed by atoms with Gasteiger partial charge in [0.2, 0.25) is 0 Å². The normalized spacial score (nSPS) is 11.9. The maximum Gasteiger partial charge on any atom is 0.138 e. The molecule has 0 heterocycles. The molecule has 0 aliphatic heterocycles. The van der Waals surface area contributed by atoms with Crippen LogP contribution in [0.3, 0.4) is 0 Å². The van der Waals surface area contributed by atoms with Crippen LogP contribution < -0.4 is 0 Å². The molecule has 1 rings (SSSR count). The predicted molar refractivity (Wildman–Crippen MR) is 82.4 cm³/mol. The predicted octanol–water partition coefficient (Wildman–Crippen LogP) is 4.65. The van der Waals surface area contributed by atoms with Gasteiger partial charge in [-0.05, 0) is 47.6 Å². The number of unbranched alkanes of at least 4 members (excludes halogenated alkanes) is 1. The molecule has 0 aliphatic carbocycles. The van der Waals surface area contributed by atoms with Crippen molar-refractivity contribution in [3.05, 3.63) is 26.3 Å². The summed E-state index contributed by atoms with van der Waals surface area (Å²) in [6, 6.07) is 3.54. The Hall–Kier alpha value is -0.290. The Bertz CT molecular complexity index is 418. The van der Waals surface area contributed by atoms with Crippen LogP contribution in [0.5, 0.6) is 5.75 Å². The van der Waals surface area contributed by atoms with Gasteiger partial charge in [0.05, 0.1) is 3.57 Å². The smallest absolute Gasteiger partial charge is 0.138 e. The Balaban J connectivity index is 3.07. The molecule has 0 atom stereocenters. The van der Waals surface area contributed by atoms with E-state index in [0.717, 1.165) is 40.7 Å². The Morgan fingerprint density at radius 2 is 2.12 bits per heavy atom. The minimum Gasteiger partial charge on any atom is -0.506 e. The highest BCUT2D eigenvalue weighted by atomic mass is 127. The fourth-order valence-electron chi connectivity index (χ4n) is 1.55. The van der Waals surface area contributed by atoms with Gasteiger partial charge in [0, 0.05) is 22.8 Å². The molecule has 0 saturated heterocycles. The lowest BCUT2D eigenvalue weighted by Crippen LogP contribution is -2.02. The van der Waals surface area contributed by atoms with Crippen molar-refractivity contribution in [1.82, 2.24) is 0 Å². The van der Waals surface area contributed by atoms with Crippen molar-refractivity contribution in [3.63, 3.8) is 0 Å². The van der Waals surface area contributed by atoms with Crippen molar-refractivity contribution in [3.8, 4) is 5.75 Å². The number of hydrogen-bond acceptors (Lipinski definition) is 2. The number of benzene rings is 1. The maximum atomic E-state index is 10.0. The third kappa shape index (κ3) is 4.14. The lowest BCUT2D eigenvalue weighted by molar-refractivity contribution is 0.470. The highest BCUT2D eigenvalue weighted by Gasteiger charge is 2.11. The molecule has 0 aromatic heterocycles. The molecule has 0 radical (unpaired) electrons. The number of halogens is 2. The van der Waals surface area contributed by atoms with E-state index < -0.39 is 0 Å². The van der Waals surface area contributed by atoms with Crippen LogP contribution in [0, 0.1) is 3.57 Å². The van der Waals surface area contributed by atoms with Crippen molar-refractivity contribution >= 4 is 39.9 Å². The number of rotatable bonds is 5. The molecule has 0 saturated carbocycles. The summed E-state index contributed by atoms with van der Waals surface area (Å²) in [6.45, 7) is 4.99. The molecule has 1 aromatic carbocycles. The molecule has 0 spiro atoms. The summed E-state index contributed by atoms with van der Waals surface area (Å²) >= 11 is 8.09. The van der Waals surface area contributed by atoms with E-state index in [2.05, 4.69) is 34.5 Å². The second-order valence-corrected chi connectivity index (χ2v) is 5.42. The number of nitrogens with zero attached hydrogens (tertiary/aromatic N) is 1. The van der Waals surface area contributed by atoms with E-state index in [1.807, 2.05) is 6.92 Å². The Morgan fingerprint density at radius 1 is 1.41 bits per heavy atom. The largest absolute Gasteiger partial charge is 0.506 e. The Kier molecular flexibility index (Phi) is 6.27. The summed E-state index contributed by atoms with van der Waals surface area (Å²) in [4.78, 5) is 4.54. The lowest BCUT2D eigenvalue weighted by Gasteiger charge is -2.09. The molecule has 0 fully saturated rings. The van der Waals surface area contributed by atoms with E-state index in [-0.39, 0.29) is 5.75 Å². The van der Waals surface area contributed by atoms with Crippen molar-refractivity contribution in [2.45, 2.75) is 33.1 Å². The molecule has 0 unspecified atom stereocenters. The lowest BCUT2D eigenvalue weighted by atomic mass is 10.1. The molecule has 1 aromatic rings. The third-order valence-corrected chi connectivity index (χ3v) is 3.53. The standard InChI is InChI=1S/C13H17ClINO/c1-3-5-6-16-12(4-2)10-7-9(14)8-11(15)13(10)17/h7-8,17H,3-6H2,1-2H3. The Labute approximate surface area is 121 Å². The van der Waals surface area contributed by atoms with Crippen molar-refractivity contribution < 1.29 is 5.11 Å². The molecule has 4 heteroatoms. The highest BCUT2D eigenvalue weighted by molar-refractivity contribution is 14.1. The van der Waals surface area contributed by atoms with Gasteiger partial charge in [-0.1, -0.05) is 31.9 Å². The fraction of sp³-hybridized carbons (Fsp3) is 0.462.